The molecule has 1 aliphatic carbocycles. The van der Waals surface area contributed by atoms with Crippen LogP contribution in [-0.2, 0) is 9.53 Å². The minimum absolute atomic E-state index is 0.211. The molecule has 0 spiro atoms. The number of carbonyl (C=O) groups is 2. The maximum atomic E-state index is 11.9. The summed E-state index contributed by atoms with van der Waals surface area (Å²) in [5.74, 6) is -0.162. The Bertz CT molecular complexity index is 513. The summed E-state index contributed by atoms with van der Waals surface area (Å²) >= 11 is 0. The Morgan fingerprint density at radius 3 is 2.67 bits per heavy atom. The van der Waals surface area contributed by atoms with Crippen LogP contribution in [0.4, 0.5) is 0 Å². The molecule has 2 atom stereocenters. The lowest BCUT2D eigenvalue weighted by Crippen LogP contribution is -2.42. The number of esters is 1. The molecule has 2 rings (SSSR count). The van der Waals surface area contributed by atoms with E-state index in [1.807, 2.05) is 19.1 Å². The van der Waals surface area contributed by atoms with Gasteiger partial charge >= 0.3 is 5.97 Å². The van der Waals surface area contributed by atoms with Crippen molar-refractivity contribution in [3.8, 4) is 0 Å². The van der Waals surface area contributed by atoms with Gasteiger partial charge in [-0.25, -0.2) is 4.79 Å². The minimum Gasteiger partial charge on any atom is -0.452 e. The molecule has 1 fully saturated rings. The first-order valence-electron chi connectivity index (χ1n) is 7.60. The SMILES string of the molecule is Cc1ccccc1C(=O)OCC(=O)NC1CCCCC1C. The van der Waals surface area contributed by atoms with E-state index >= 15 is 0 Å². The van der Waals surface area contributed by atoms with E-state index in [1.54, 1.807) is 12.1 Å². The predicted molar refractivity (Wildman–Crippen MR) is 81.0 cm³/mol. The second-order valence-electron chi connectivity index (χ2n) is 5.83. The molecule has 0 heterocycles. The molecular formula is C17H23NO3. The van der Waals surface area contributed by atoms with Gasteiger partial charge in [0.15, 0.2) is 6.61 Å². The summed E-state index contributed by atoms with van der Waals surface area (Å²) in [6, 6.07) is 7.42. The van der Waals surface area contributed by atoms with Gasteiger partial charge in [-0.05, 0) is 37.3 Å². The third-order valence-corrected chi connectivity index (χ3v) is 4.16. The van der Waals surface area contributed by atoms with Gasteiger partial charge in [-0.1, -0.05) is 38.0 Å². The van der Waals surface area contributed by atoms with Gasteiger partial charge in [0.05, 0.1) is 5.56 Å². The first-order valence-corrected chi connectivity index (χ1v) is 7.60. The summed E-state index contributed by atoms with van der Waals surface area (Å²) in [6.45, 7) is 3.79. The maximum Gasteiger partial charge on any atom is 0.338 e. The predicted octanol–water partition coefficient (Wildman–Crippen LogP) is 2.85. The van der Waals surface area contributed by atoms with Crippen LogP contribution in [0.5, 0.6) is 0 Å². The molecule has 1 amide bonds. The number of rotatable bonds is 4. The van der Waals surface area contributed by atoms with Crippen molar-refractivity contribution in [3.05, 3.63) is 35.4 Å². The van der Waals surface area contributed by atoms with Gasteiger partial charge in [-0.15, -0.1) is 0 Å². The number of aryl methyl sites for hydroxylation is 1. The van der Waals surface area contributed by atoms with E-state index < -0.39 is 5.97 Å². The largest absolute Gasteiger partial charge is 0.452 e. The molecule has 1 aliphatic rings. The van der Waals surface area contributed by atoms with Gasteiger partial charge in [0.2, 0.25) is 0 Å². The molecule has 4 nitrogen and oxygen atoms in total. The zero-order valence-electron chi connectivity index (χ0n) is 12.7. The van der Waals surface area contributed by atoms with Crippen molar-refractivity contribution in [1.29, 1.82) is 0 Å². The number of hydrogen-bond acceptors (Lipinski definition) is 3. The molecule has 0 bridgehead atoms. The van der Waals surface area contributed by atoms with Crippen LogP contribution in [0, 0.1) is 12.8 Å². The van der Waals surface area contributed by atoms with Gasteiger partial charge in [0.1, 0.15) is 0 Å². The zero-order valence-corrected chi connectivity index (χ0v) is 12.7. The number of carbonyl (C=O) groups excluding carboxylic acids is 2. The van der Waals surface area contributed by atoms with Crippen LogP contribution in [0.15, 0.2) is 24.3 Å². The van der Waals surface area contributed by atoms with Crippen LogP contribution >= 0.6 is 0 Å². The van der Waals surface area contributed by atoms with E-state index in [4.69, 9.17) is 4.74 Å². The topological polar surface area (TPSA) is 55.4 Å². The van der Waals surface area contributed by atoms with Crippen molar-refractivity contribution in [2.24, 2.45) is 5.92 Å². The fraction of sp³-hybridized carbons (Fsp3) is 0.529. The number of nitrogens with one attached hydrogen (secondary N) is 1. The first kappa shape index (κ1) is 15.5. The van der Waals surface area contributed by atoms with Crippen molar-refractivity contribution in [1.82, 2.24) is 5.32 Å². The molecule has 1 aromatic carbocycles. The number of hydrogen-bond donors (Lipinski definition) is 1. The Labute approximate surface area is 125 Å². The molecule has 1 aromatic rings. The molecule has 0 aromatic heterocycles. The fourth-order valence-electron chi connectivity index (χ4n) is 2.79. The first-order chi connectivity index (χ1) is 10.1. The summed E-state index contributed by atoms with van der Waals surface area (Å²) in [4.78, 5) is 23.8. The Kier molecular flexibility index (Phi) is 5.37. The van der Waals surface area contributed by atoms with Gasteiger partial charge in [-0.2, -0.15) is 0 Å². The van der Waals surface area contributed by atoms with Gasteiger partial charge in [0.25, 0.3) is 5.91 Å². The number of benzene rings is 1. The van der Waals surface area contributed by atoms with Crippen LogP contribution in [0.1, 0.15) is 48.5 Å². The average molecular weight is 289 g/mol. The highest BCUT2D eigenvalue weighted by molar-refractivity contribution is 5.92. The molecule has 0 aliphatic heterocycles. The average Bonchev–Trinajstić information content (AvgIpc) is 2.48. The minimum atomic E-state index is -0.444. The van der Waals surface area contributed by atoms with Crippen molar-refractivity contribution in [2.75, 3.05) is 6.61 Å². The standard InChI is InChI=1S/C17H23NO3/c1-12-7-3-5-9-14(12)17(20)21-11-16(19)18-15-10-6-4-8-13(15)2/h3,5,7,9,13,15H,4,6,8,10-11H2,1-2H3,(H,18,19). The van der Waals surface area contributed by atoms with E-state index in [2.05, 4.69) is 12.2 Å². The normalized spacial score (nSPS) is 21.6. The Morgan fingerprint density at radius 2 is 1.95 bits per heavy atom. The van der Waals surface area contributed by atoms with Gasteiger partial charge < -0.3 is 10.1 Å². The van der Waals surface area contributed by atoms with Crippen molar-refractivity contribution >= 4 is 11.9 Å². The lowest BCUT2D eigenvalue weighted by atomic mass is 9.86. The lowest BCUT2D eigenvalue weighted by Gasteiger charge is -2.29. The smallest absolute Gasteiger partial charge is 0.338 e. The summed E-state index contributed by atoms with van der Waals surface area (Å²) in [5, 5.41) is 2.97. The fourth-order valence-corrected chi connectivity index (χ4v) is 2.79. The molecule has 114 valence electrons. The lowest BCUT2D eigenvalue weighted by molar-refractivity contribution is -0.125. The number of amides is 1. The monoisotopic (exact) mass is 289 g/mol. The third-order valence-electron chi connectivity index (χ3n) is 4.16. The Balaban J connectivity index is 1.81. The van der Waals surface area contributed by atoms with Crippen molar-refractivity contribution < 1.29 is 14.3 Å². The quantitative estimate of drug-likeness (QED) is 0.867. The molecule has 2 unspecified atom stereocenters. The Hall–Kier alpha value is -1.84. The van der Waals surface area contributed by atoms with Crippen molar-refractivity contribution in [2.45, 2.75) is 45.6 Å². The van der Waals surface area contributed by atoms with E-state index in [1.165, 1.54) is 6.42 Å². The molecule has 21 heavy (non-hydrogen) atoms. The van der Waals surface area contributed by atoms with E-state index in [-0.39, 0.29) is 18.6 Å². The number of ether oxygens (including phenoxy) is 1. The van der Waals surface area contributed by atoms with E-state index in [0.29, 0.717) is 11.5 Å². The Morgan fingerprint density at radius 1 is 1.24 bits per heavy atom. The van der Waals surface area contributed by atoms with Crippen LogP contribution in [0.3, 0.4) is 0 Å². The van der Waals surface area contributed by atoms with Crippen LogP contribution < -0.4 is 5.32 Å². The van der Waals surface area contributed by atoms with E-state index in [9.17, 15) is 9.59 Å². The summed E-state index contributed by atoms with van der Waals surface area (Å²) in [5.41, 5.74) is 1.36. The van der Waals surface area contributed by atoms with Crippen LogP contribution in [0.2, 0.25) is 0 Å². The molecule has 0 saturated heterocycles. The van der Waals surface area contributed by atoms with Crippen LogP contribution in [-0.4, -0.2) is 24.5 Å². The molecule has 4 heteroatoms. The highest BCUT2D eigenvalue weighted by atomic mass is 16.5. The zero-order chi connectivity index (χ0) is 15.2. The van der Waals surface area contributed by atoms with Crippen molar-refractivity contribution in [3.63, 3.8) is 0 Å². The molecule has 1 N–H and O–H groups in total. The van der Waals surface area contributed by atoms with Gasteiger partial charge in [-0.3, -0.25) is 4.79 Å². The molecule has 1 saturated carbocycles. The van der Waals surface area contributed by atoms with E-state index in [0.717, 1.165) is 24.8 Å². The summed E-state index contributed by atoms with van der Waals surface area (Å²) in [6.07, 6.45) is 4.54. The summed E-state index contributed by atoms with van der Waals surface area (Å²) in [7, 11) is 0. The second-order valence-corrected chi connectivity index (χ2v) is 5.83. The molecular weight excluding hydrogens is 266 g/mol. The van der Waals surface area contributed by atoms with Gasteiger partial charge in [0, 0.05) is 6.04 Å². The third kappa shape index (κ3) is 4.31. The van der Waals surface area contributed by atoms with Crippen LogP contribution in [0.25, 0.3) is 0 Å². The molecule has 0 radical (unpaired) electrons. The highest BCUT2D eigenvalue weighted by Gasteiger charge is 2.23. The second kappa shape index (κ2) is 7.25. The highest BCUT2D eigenvalue weighted by Crippen LogP contribution is 2.23. The summed E-state index contributed by atoms with van der Waals surface area (Å²) < 4.78 is 5.10. The maximum absolute atomic E-state index is 11.9.